The Balaban J connectivity index is 2.33. The largest absolute Gasteiger partial charge is 0.352 e. The van der Waals surface area contributed by atoms with Crippen molar-refractivity contribution in [3.05, 3.63) is 35.4 Å². The second-order valence-corrected chi connectivity index (χ2v) is 5.26. The van der Waals surface area contributed by atoms with Crippen LogP contribution in [0.5, 0.6) is 0 Å². The number of hydrogen-bond acceptors (Lipinski definition) is 2. The normalized spacial score (nSPS) is 18.3. The number of hydrogen-bond donors (Lipinski definition) is 1. The van der Waals surface area contributed by atoms with Gasteiger partial charge in [0.05, 0.1) is 0 Å². The van der Waals surface area contributed by atoms with Gasteiger partial charge in [0.25, 0.3) is 0 Å². The summed E-state index contributed by atoms with van der Waals surface area (Å²) in [6, 6.07) is 7.18. The lowest BCUT2D eigenvalue weighted by atomic mass is 10.0. The molecule has 0 aromatic heterocycles. The molecule has 1 aliphatic rings. The molecule has 1 atom stereocenters. The first-order valence-electron chi connectivity index (χ1n) is 7.48. The second kappa shape index (κ2) is 6.61. The average Bonchev–Trinajstić information content (AvgIpc) is 2.48. The van der Waals surface area contributed by atoms with Crippen LogP contribution in [0.1, 0.15) is 31.0 Å². The van der Waals surface area contributed by atoms with Crippen LogP contribution in [-0.4, -0.2) is 47.9 Å². The van der Waals surface area contributed by atoms with E-state index in [9.17, 15) is 9.59 Å². The Bertz CT molecular complexity index is 526. The number of nitrogens with one attached hydrogen (secondary N) is 1. The lowest BCUT2D eigenvalue weighted by molar-refractivity contribution is -0.128. The minimum Gasteiger partial charge on any atom is -0.352 e. The van der Waals surface area contributed by atoms with Crippen LogP contribution in [0.25, 0.3) is 0 Å². The molecule has 0 saturated carbocycles. The third kappa shape index (κ3) is 3.17. The van der Waals surface area contributed by atoms with Crippen molar-refractivity contribution in [3.63, 3.8) is 0 Å². The zero-order valence-electron chi connectivity index (χ0n) is 12.9. The molecule has 5 nitrogen and oxygen atoms in total. The first-order chi connectivity index (χ1) is 10.1. The molecule has 1 unspecified atom stereocenters. The first-order valence-corrected chi connectivity index (χ1v) is 7.48. The highest BCUT2D eigenvalue weighted by molar-refractivity contribution is 5.89. The van der Waals surface area contributed by atoms with Gasteiger partial charge in [-0.1, -0.05) is 29.8 Å². The SMILES string of the molecule is CCN(CC)C(=O)N1CCNC(=O)C1c1cccc(C)c1. The predicted molar refractivity (Wildman–Crippen MR) is 82.0 cm³/mol. The Kier molecular flexibility index (Phi) is 4.83. The van der Waals surface area contributed by atoms with Crippen molar-refractivity contribution in [2.45, 2.75) is 26.8 Å². The highest BCUT2D eigenvalue weighted by atomic mass is 16.2. The number of urea groups is 1. The summed E-state index contributed by atoms with van der Waals surface area (Å²) in [5.74, 6) is -0.104. The van der Waals surface area contributed by atoms with Gasteiger partial charge in [-0.25, -0.2) is 4.79 Å². The molecule has 1 fully saturated rings. The molecule has 1 N–H and O–H groups in total. The topological polar surface area (TPSA) is 52.7 Å². The van der Waals surface area contributed by atoms with Gasteiger partial charge in [0.1, 0.15) is 6.04 Å². The van der Waals surface area contributed by atoms with E-state index < -0.39 is 6.04 Å². The van der Waals surface area contributed by atoms with E-state index in [-0.39, 0.29) is 11.9 Å². The Morgan fingerprint density at radius 3 is 2.71 bits per heavy atom. The fraction of sp³-hybridized carbons (Fsp3) is 0.500. The minimum absolute atomic E-state index is 0.0682. The standard InChI is InChI=1S/C16H23N3O2/c1-4-18(5-2)16(21)19-10-9-17-15(20)14(19)13-8-6-7-12(3)11-13/h6-8,11,14H,4-5,9-10H2,1-3H3,(H,17,20). The number of carbonyl (C=O) groups excluding carboxylic acids is 2. The number of carbonyl (C=O) groups is 2. The Labute approximate surface area is 125 Å². The van der Waals surface area contributed by atoms with Crippen LogP contribution in [0.3, 0.4) is 0 Å². The number of piperazine rings is 1. The summed E-state index contributed by atoms with van der Waals surface area (Å²) >= 11 is 0. The van der Waals surface area contributed by atoms with Gasteiger partial charge >= 0.3 is 6.03 Å². The van der Waals surface area contributed by atoms with E-state index in [1.807, 2.05) is 45.0 Å². The van der Waals surface area contributed by atoms with E-state index in [1.54, 1.807) is 9.80 Å². The number of benzene rings is 1. The fourth-order valence-electron chi connectivity index (χ4n) is 2.72. The molecule has 0 radical (unpaired) electrons. The van der Waals surface area contributed by atoms with Gasteiger partial charge in [-0.2, -0.15) is 0 Å². The third-order valence-electron chi connectivity index (χ3n) is 3.85. The van der Waals surface area contributed by atoms with Crippen LogP contribution in [-0.2, 0) is 4.79 Å². The molecule has 5 heteroatoms. The molecule has 1 aliphatic heterocycles. The van der Waals surface area contributed by atoms with E-state index in [1.165, 1.54) is 0 Å². The molecule has 2 rings (SSSR count). The van der Waals surface area contributed by atoms with Crippen LogP contribution in [0, 0.1) is 6.92 Å². The molecule has 114 valence electrons. The van der Waals surface area contributed by atoms with Gasteiger partial charge in [-0.05, 0) is 26.3 Å². The first kappa shape index (κ1) is 15.4. The summed E-state index contributed by atoms with van der Waals surface area (Å²) < 4.78 is 0. The molecule has 0 spiro atoms. The molecule has 1 aromatic carbocycles. The van der Waals surface area contributed by atoms with Gasteiger partial charge in [0.15, 0.2) is 0 Å². The van der Waals surface area contributed by atoms with Crippen molar-refractivity contribution in [1.29, 1.82) is 0 Å². The van der Waals surface area contributed by atoms with Crippen molar-refractivity contribution in [2.24, 2.45) is 0 Å². The van der Waals surface area contributed by atoms with Gasteiger partial charge in [0.2, 0.25) is 5.91 Å². The van der Waals surface area contributed by atoms with Crippen molar-refractivity contribution in [2.75, 3.05) is 26.2 Å². The lowest BCUT2D eigenvalue weighted by Crippen LogP contribution is -2.55. The molecule has 0 aliphatic carbocycles. The van der Waals surface area contributed by atoms with Crippen LogP contribution >= 0.6 is 0 Å². The molecule has 1 heterocycles. The second-order valence-electron chi connectivity index (χ2n) is 5.26. The highest BCUT2D eigenvalue weighted by Crippen LogP contribution is 2.25. The summed E-state index contributed by atoms with van der Waals surface area (Å²) in [6.07, 6.45) is 0. The summed E-state index contributed by atoms with van der Waals surface area (Å²) in [4.78, 5) is 28.4. The summed E-state index contributed by atoms with van der Waals surface area (Å²) in [5, 5.41) is 2.86. The number of aryl methyl sites for hydroxylation is 1. The van der Waals surface area contributed by atoms with Gasteiger partial charge in [-0.15, -0.1) is 0 Å². The zero-order chi connectivity index (χ0) is 15.4. The quantitative estimate of drug-likeness (QED) is 0.924. The highest BCUT2D eigenvalue weighted by Gasteiger charge is 2.35. The van der Waals surface area contributed by atoms with E-state index in [4.69, 9.17) is 0 Å². The monoisotopic (exact) mass is 289 g/mol. The average molecular weight is 289 g/mol. The number of rotatable bonds is 3. The molecule has 21 heavy (non-hydrogen) atoms. The molecule has 0 bridgehead atoms. The molecule has 3 amide bonds. The van der Waals surface area contributed by atoms with Crippen LogP contribution in [0.15, 0.2) is 24.3 Å². The van der Waals surface area contributed by atoms with E-state index >= 15 is 0 Å². The van der Waals surface area contributed by atoms with E-state index in [2.05, 4.69) is 5.32 Å². The lowest BCUT2D eigenvalue weighted by Gasteiger charge is -2.38. The van der Waals surface area contributed by atoms with Crippen LogP contribution < -0.4 is 5.32 Å². The maximum Gasteiger partial charge on any atom is 0.321 e. The summed E-state index contributed by atoms with van der Waals surface area (Å²) in [7, 11) is 0. The van der Waals surface area contributed by atoms with E-state index in [0.717, 1.165) is 11.1 Å². The minimum atomic E-state index is -0.535. The molecule has 1 saturated heterocycles. The maximum absolute atomic E-state index is 12.6. The fourth-order valence-corrected chi connectivity index (χ4v) is 2.72. The molecular weight excluding hydrogens is 266 g/mol. The van der Waals surface area contributed by atoms with Crippen LogP contribution in [0.4, 0.5) is 4.79 Å². The zero-order valence-corrected chi connectivity index (χ0v) is 12.9. The third-order valence-corrected chi connectivity index (χ3v) is 3.85. The summed E-state index contributed by atoms with van der Waals surface area (Å²) in [6.45, 7) is 8.23. The van der Waals surface area contributed by atoms with Crippen molar-refractivity contribution in [3.8, 4) is 0 Å². The van der Waals surface area contributed by atoms with Gasteiger partial charge < -0.3 is 15.1 Å². The molecular formula is C16H23N3O2. The number of nitrogens with zero attached hydrogens (tertiary/aromatic N) is 2. The smallest absolute Gasteiger partial charge is 0.321 e. The van der Waals surface area contributed by atoms with E-state index in [0.29, 0.717) is 26.2 Å². The Morgan fingerprint density at radius 1 is 1.38 bits per heavy atom. The van der Waals surface area contributed by atoms with Gasteiger partial charge in [0, 0.05) is 26.2 Å². The molecule has 1 aromatic rings. The Hall–Kier alpha value is -2.04. The van der Waals surface area contributed by atoms with Crippen molar-refractivity contribution < 1.29 is 9.59 Å². The van der Waals surface area contributed by atoms with Gasteiger partial charge in [-0.3, -0.25) is 4.79 Å². The number of amides is 3. The van der Waals surface area contributed by atoms with Crippen molar-refractivity contribution >= 4 is 11.9 Å². The maximum atomic E-state index is 12.6. The van der Waals surface area contributed by atoms with Crippen LogP contribution in [0.2, 0.25) is 0 Å². The Morgan fingerprint density at radius 2 is 2.10 bits per heavy atom. The van der Waals surface area contributed by atoms with Crippen molar-refractivity contribution in [1.82, 2.24) is 15.1 Å². The summed E-state index contributed by atoms with van der Waals surface area (Å²) in [5.41, 5.74) is 1.95. The predicted octanol–water partition coefficient (Wildman–Crippen LogP) is 1.93.